The van der Waals surface area contributed by atoms with Gasteiger partial charge in [0.2, 0.25) is 5.91 Å². The number of carbonyl (C=O) groups is 1. The lowest BCUT2D eigenvalue weighted by Crippen LogP contribution is -3.13. The highest BCUT2D eigenvalue weighted by molar-refractivity contribution is 5.78. The lowest BCUT2D eigenvalue weighted by molar-refractivity contribution is -0.917. The molecule has 0 atom stereocenters. The molecule has 0 bridgehead atoms. The second-order valence-corrected chi connectivity index (χ2v) is 6.91. The Labute approximate surface area is 163 Å². The third kappa shape index (κ3) is 4.78. The van der Waals surface area contributed by atoms with Gasteiger partial charge in [0.25, 0.3) is 0 Å². The Kier molecular flexibility index (Phi) is 6.46. The number of carbonyl (C=O) groups excluding carboxylic acids is 1. The number of quaternary nitrogens is 1. The molecular weight excluding hydrogens is 366 g/mol. The van der Waals surface area contributed by atoms with Crippen LogP contribution in [-0.4, -0.2) is 51.2 Å². The van der Waals surface area contributed by atoms with Gasteiger partial charge in [0.05, 0.1) is 52.4 Å². The van der Waals surface area contributed by atoms with Crippen LogP contribution in [0.4, 0.5) is 8.78 Å². The van der Waals surface area contributed by atoms with E-state index in [2.05, 4.69) is 0 Å². The average Bonchev–Trinajstić information content (AvgIpc) is 2.69. The molecule has 1 heterocycles. The first-order chi connectivity index (χ1) is 13.5. The van der Waals surface area contributed by atoms with Gasteiger partial charge >= 0.3 is 0 Å². The van der Waals surface area contributed by atoms with E-state index >= 15 is 0 Å². The van der Waals surface area contributed by atoms with E-state index in [1.165, 1.54) is 36.3 Å². The number of piperazine rings is 1. The van der Waals surface area contributed by atoms with Crippen LogP contribution in [0, 0.1) is 11.6 Å². The Balaban J connectivity index is 1.54. The summed E-state index contributed by atoms with van der Waals surface area (Å²) in [7, 11) is 2.98. The zero-order valence-corrected chi connectivity index (χ0v) is 16.1. The topological polar surface area (TPSA) is 43.2 Å². The Morgan fingerprint density at radius 3 is 2.36 bits per heavy atom. The summed E-state index contributed by atoms with van der Waals surface area (Å²) in [5.41, 5.74) is 1.45. The molecule has 1 N–H and O–H groups in total. The van der Waals surface area contributed by atoms with Crippen molar-refractivity contribution in [3.05, 3.63) is 59.2 Å². The number of amides is 1. The second-order valence-electron chi connectivity index (χ2n) is 6.91. The van der Waals surface area contributed by atoms with Crippen molar-refractivity contribution in [1.82, 2.24) is 4.90 Å². The fourth-order valence-electron chi connectivity index (χ4n) is 3.51. The SMILES string of the molecule is COc1ccc(CC(=O)N2CC[NH+](Cc3cc(F)ccc3OC)CC2)cc1F. The maximum atomic E-state index is 13.8. The fraction of sp³-hybridized carbons (Fsp3) is 0.381. The molecule has 3 rings (SSSR count). The molecule has 0 saturated carbocycles. The number of rotatable bonds is 6. The van der Waals surface area contributed by atoms with Gasteiger partial charge < -0.3 is 19.3 Å². The number of ether oxygens (including phenoxy) is 2. The molecule has 2 aromatic carbocycles. The van der Waals surface area contributed by atoms with Crippen LogP contribution in [0.3, 0.4) is 0 Å². The number of nitrogens with one attached hydrogen (secondary N) is 1. The molecule has 5 nitrogen and oxygen atoms in total. The molecule has 1 aliphatic heterocycles. The smallest absolute Gasteiger partial charge is 0.227 e. The first-order valence-corrected chi connectivity index (χ1v) is 9.26. The van der Waals surface area contributed by atoms with E-state index in [9.17, 15) is 13.6 Å². The maximum absolute atomic E-state index is 13.8. The molecule has 7 heteroatoms. The van der Waals surface area contributed by atoms with Gasteiger partial charge in [-0.05, 0) is 35.9 Å². The van der Waals surface area contributed by atoms with Gasteiger partial charge in [-0.15, -0.1) is 0 Å². The van der Waals surface area contributed by atoms with Crippen LogP contribution in [0.5, 0.6) is 11.5 Å². The molecule has 28 heavy (non-hydrogen) atoms. The molecule has 150 valence electrons. The minimum atomic E-state index is -0.467. The molecule has 1 saturated heterocycles. The summed E-state index contributed by atoms with van der Waals surface area (Å²) >= 11 is 0. The molecule has 1 amide bonds. The predicted octanol–water partition coefficient (Wildman–Crippen LogP) is 1.45. The van der Waals surface area contributed by atoms with Gasteiger partial charge in [0, 0.05) is 0 Å². The van der Waals surface area contributed by atoms with Gasteiger partial charge in [0.1, 0.15) is 18.1 Å². The van der Waals surface area contributed by atoms with Crippen molar-refractivity contribution in [3.8, 4) is 11.5 Å². The number of methoxy groups -OCH3 is 2. The molecule has 0 radical (unpaired) electrons. The third-order valence-electron chi connectivity index (χ3n) is 5.08. The second kappa shape index (κ2) is 9.01. The Hall–Kier alpha value is -2.67. The molecule has 0 unspecified atom stereocenters. The monoisotopic (exact) mass is 391 g/mol. The third-order valence-corrected chi connectivity index (χ3v) is 5.08. The lowest BCUT2D eigenvalue weighted by atomic mass is 10.1. The first kappa shape index (κ1) is 20.1. The molecule has 1 fully saturated rings. The van der Waals surface area contributed by atoms with E-state index in [1.807, 2.05) is 0 Å². The van der Waals surface area contributed by atoms with E-state index in [1.54, 1.807) is 24.1 Å². The van der Waals surface area contributed by atoms with E-state index < -0.39 is 5.82 Å². The van der Waals surface area contributed by atoms with Crippen molar-refractivity contribution >= 4 is 5.91 Å². The summed E-state index contributed by atoms with van der Waals surface area (Å²) in [5, 5.41) is 0. The van der Waals surface area contributed by atoms with Crippen LogP contribution < -0.4 is 14.4 Å². The summed E-state index contributed by atoms with van der Waals surface area (Å²) in [6.45, 7) is 3.41. The largest absolute Gasteiger partial charge is 0.496 e. The molecule has 0 spiro atoms. The van der Waals surface area contributed by atoms with Gasteiger partial charge in [-0.25, -0.2) is 8.78 Å². The van der Waals surface area contributed by atoms with Crippen molar-refractivity contribution < 1.29 is 27.9 Å². The van der Waals surface area contributed by atoms with Crippen molar-refractivity contribution in [2.75, 3.05) is 40.4 Å². The summed E-state index contributed by atoms with van der Waals surface area (Å²) in [6.07, 6.45) is 0.161. The number of halogens is 2. The van der Waals surface area contributed by atoms with Gasteiger partial charge in [0.15, 0.2) is 11.6 Å². The predicted molar refractivity (Wildman–Crippen MR) is 101 cm³/mol. The van der Waals surface area contributed by atoms with Crippen molar-refractivity contribution in [1.29, 1.82) is 0 Å². The molecular formula is C21H25F2N2O3+. The van der Waals surface area contributed by atoms with Crippen LogP contribution >= 0.6 is 0 Å². The quantitative estimate of drug-likeness (QED) is 0.811. The van der Waals surface area contributed by atoms with Crippen LogP contribution in [-0.2, 0) is 17.8 Å². The van der Waals surface area contributed by atoms with Gasteiger partial charge in [-0.3, -0.25) is 4.79 Å². The molecule has 2 aromatic rings. The van der Waals surface area contributed by atoms with Crippen molar-refractivity contribution in [2.45, 2.75) is 13.0 Å². The van der Waals surface area contributed by atoms with E-state index in [0.717, 1.165) is 18.7 Å². The van der Waals surface area contributed by atoms with Crippen LogP contribution in [0.15, 0.2) is 36.4 Å². The number of hydrogen-bond acceptors (Lipinski definition) is 3. The van der Waals surface area contributed by atoms with E-state index in [0.29, 0.717) is 30.9 Å². The normalized spacial score (nSPS) is 14.8. The number of benzene rings is 2. The Morgan fingerprint density at radius 1 is 1.04 bits per heavy atom. The summed E-state index contributed by atoms with van der Waals surface area (Å²) in [6, 6.07) is 9.11. The van der Waals surface area contributed by atoms with Crippen LogP contribution in [0.2, 0.25) is 0 Å². The highest BCUT2D eigenvalue weighted by Gasteiger charge is 2.25. The van der Waals surface area contributed by atoms with E-state index in [-0.39, 0.29) is 23.9 Å². The Morgan fingerprint density at radius 2 is 1.71 bits per heavy atom. The summed E-state index contributed by atoms with van der Waals surface area (Å²) < 4.78 is 37.5. The number of hydrogen-bond donors (Lipinski definition) is 1. The van der Waals surface area contributed by atoms with Crippen molar-refractivity contribution in [2.24, 2.45) is 0 Å². The van der Waals surface area contributed by atoms with Gasteiger partial charge in [-0.2, -0.15) is 0 Å². The molecule has 0 aromatic heterocycles. The minimum Gasteiger partial charge on any atom is -0.496 e. The number of nitrogens with zero attached hydrogens (tertiary/aromatic N) is 1. The summed E-state index contributed by atoms with van der Waals surface area (Å²) in [4.78, 5) is 15.6. The first-order valence-electron chi connectivity index (χ1n) is 9.26. The summed E-state index contributed by atoms with van der Waals surface area (Å²) in [5.74, 6) is 0.0731. The highest BCUT2D eigenvalue weighted by Crippen LogP contribution is 2.19. The van der Waals surface area contributed by atoms with Gasteiger partial charge in [-0.1, -0.05) is 6.07 Å². The molecule has 1 aliphatic rings. The minimum absolute atomic E-state index is 0.0213. The maximum Gasteiger partial charge on any atom is 0.227 e. The zero-order chi connectivity index (χ0) is 20.1. The lowest BCUT2D eigenvalue weighted by Gasteiger charge is -2.32. The zero-order valence-electron chi connectivity index (χ0n) is 16.1. The fourth-order valence-corrected chi connectivity index (χ4v) is 3.51. The average molecular weight is 391 g/mol. The van der Waals surface area contributed by atoms with Crippen LogP contribution in [0.25, 0.3) is 0 Å². The molecule has 0 aliphatic carbocycles. The van der Waals surface area contributed by atoms with E-state index in [4.69, 9.17) is 9.47 Å². The Bertz CT molecular complexity index is 836. The highest BCUT2D eigenvalue weighted by atomic mass is 19.1. The van der Waals surface area contributed by atoms with Crippen LogP contribution in [0.1, 0.15) is 11.1 Å². The standard InChI is InChI=1S/C21H24F2N2O3/c1-27-19-6-4-17(22)13-16(19)14-24-7-9-25(10-8-24)21(26)12-15-3-5-20(28-2)18(23)11-15/h3-6,11,13H,7-10,12,14H2,1-2H3/p+1. The van der Waals surface area contributed by atoms with Crippen molar-refractivity contribution in [3.63, 3.8) is 0 Å².